The molecule has 0 aliphatic heterocycles. The Morgan fingerprint density at radius 1 is 0.370 bits per heavy atom. The molecule has 0 aromatic rings. The topological polar surface area (TPSA) is 125 Å². The number of ether oxygens (including phenoxy) is 4. The molecule has 9 nitrogen and oxygen atoms in total. The van der Waals surface area contributed by atoms with Gasteiger partial charge in [-0.15, -0.1) is 0 Å². The van der Waals surface area contributed by atoms with Gasteiger partial charge in [0.1, 0.15) is 0 Å². The quantitative estimate of drug-likeness (QED) is 0.0368. The van der Waals surface area contributed by atoms with Gasteiger partial charge in [0.2, 0.25) is 0 Å². The summed E-state index contributed by atoms with van der Waals surface area (Å²) < 4.78 is 21.6. The van der Waals surface area contributed by atoms with Crippen molar-refractivity contribution in [1.29, 1.82) is 0 Å². The van der Waals surface area contributed by atoms with E-state index in [1.807, 2.05) is 0 Å². The number of esters is 4. The van der Waals surface area contributed by atoms with Crippen molar-refractivity contribution in [3.05, 3.63) is 0 Å². The van der Waals surface area contributed by atoms with Crippen LogP contribution in [0, 0.1) is 11.8 Å². The summed E-state index contributed by atoms with van der Waals surface area (Å²) in [6, 6.07) is 0. The van der Waals surface area contributed by atoms with Crippen molar-refractivity contribution in [2.75, 3.05) is 26.4 Å². The third-order valence-electron chi connectivity index (χ3n) is 10.3. The Balaban J connectivity index is 4.16. The first-order valence-corrected chi connectivity index (χ1v) is 22.6. The van der Waals surface area contributed by atoms with Crippen molar-refractivity contribution in [2.24, 2.45) is 11.8 Å². The molecule has 0 rings (SSSR count). The van der Waals surface area contributed by atoms with Gasteiger partial charge in [0.15, 0.2) is 6.10 Å². The highest BCUT2D eigenvalue weighted by Gasteiger charge is 2.21. The smallest absolute Gasteiger partial charge is 0.334 e. The molecular weight excluding hydrogens is 684 g/mol. The summed E-state index contributed by atoms with van der Waals surface area (Å²) in [5, 5.41) is 10.2. The van der Waals surface area contributed by atoms with Crippen LogP contribution in [0.4, 0.5) is 0 Å². The Bertz CT molecular complexity index is 892. The number of rotatable bonds is 40. The van der Waals surface area contributed by atoms with E-state index in [1.165, 1.54) is 83.5 Å². The standard InChI is InChI=1S/C45H84O9/c1-5-9-13-17-19-23-31-39(29-21-15-11-7-3)43(48)52-36-26-25-35-51-42(47)34-33-41(46)45(50)54-38-28-27-37-53-44(49)40(30-22-16-12-8-4)32-24-20-18-14-10-6-2/h39-41,46H,5-38H2,1-4H3. The Kier molecular flexibility index (Phi) is 37.5. The minimum atomic E-state index is -1.41. The number of aliphatic hydroxyl groups excluding tert-OH is 1. The van der Waals surface area contributed by atoms with Gasteiger partial charge in [-0.05, 0) is 57.8 Å². The van der Waals surface area contributed by atoms with Crippen LogP contribution in [0.2, 0.25) is 0 Å². The Morgan fingerprint density at radius 3 is 1.04 bits per heavy atom. The molecule has 0 radical (unpaired) electrons. The Labute approximate surface area is 331 Å². The van der Waals surface area contributed by atoms with Crippen LogP contribution in [0.5, 0.6) is 0 Å². The van der Waals surface area contributed by atoms with Crippen LogP contribution in [0.15, 0.2) is 0 Å². The van der Waals surface area contributed by atoms with Gasteiger partial charge in [-0.2, -0.15) is 0 Å². The molecule has 0 fully saturated rings. The van der Waals surface area contributed by atoms with E-state index >= 15 is 0 Å². The van der Waals surface area contributed by atoms with Gasteiger partial charge in [-0.25, -0.2) is 4.79 Å². The fraction of sp³-hybridized carbons (Fsp3) is 0.911. The monoisotopic (exact) mass is 769 g/mol. The molecular formula is C45H84O9. The molecule has 0 heterocycles. The van der Waals surface area contributed by atoms with Crippen LogP contribution in [0.25, 0.3) is 0 Å². The molecule has 0 saturated carbocycles. The van der Waals surface area contributed by atoms with Crippen LogP contribution in [-0.2, 0) is 38.1 Å². The van der Waals surface area contributed by atoms with Crippen molar-refractivity contribution in [1.82, 2.24) is 0 Å². The van der Waals surface area contributed by atoms with Gasteiger partial charge in [0, 0.05) is 6.42 Å². The van der Waals surface area contributed by atoms with E-state index in [0.717, 1.165) is 70.6 Å². The number of aliphatic hydroxyl groups is 1. The first-order chi connectivity index (χ1) is 26.3. The maximum Gasteiger partial charge on any atom is 0.334 e. The average Bonchev–Trinajstić information content (AvgIpc) is 3.17. The molecule has 0 spiro atoms. The van der Waals surface area contributed by atoms with Crippen LogP contribution < -0.4 is 0 Å². The maximum atomic E-state index is 12.8. The molecule has 3 atom stereocenters. The summed E-state index contributed by atoms with van der Waals surface area (Å²) in [7, 11) is 0. The molecule has 1 N–H and O–H groups in total. The predicted octanol–water partition coefficient (Wildman–Crippen LogP) is 11.5. The van der Waals surface area contributed by atoms with Gasteiger partial charge in [-0.1, -0.05) is 156 Å². The number of carbonyl (C=O) groups excluding carboxylic acids is 4. The maximum absolute atomic E-state index is 12.8. The lowest BCUT2D eigenvalue weighted by atomic mass is 9.94. The van der Waals surface area contributed by atoms with Gasteiger partial charge < -0.3 is 24.1 Å². The highest BCUT2D eigenvalue weighted by Crippen LogP contribution is 2.22. The molecule has 54 heavy (non-hydrogen) atoms. The van der Waals surface area contributed by atoms with Gasteiger partial charge >= 0.3 is 23.9 Å². The van der Waals surface area contributed by atoms with E-state index in [0.29, 0.717) is 32.3 Å². The highest BCUT2D eigenvalue weighted by atomic mass is 16.6. The highest BCUT2D eigenvalue weighted by molar-refractivity contribution is 5.76. The van der Waals surface area contributed by atoms with E-state index in [4.69, 9.17) is 18.9 Å². The molecule has 0 aromatic heterocycles. The number of hydrogen-bond donors (Lipinski definition) is 1. The van der Waals surface area contributed by atoms with Crippen LogP contribution >= 0.6 is 0 Å². The van der Waals surface area contributed by atoms with Crippen LogP contribution in [-0.4, -0.2) is 61.5 Å². The van der Waals surface area contributed by atoms with Gasteiger partial charge in [-0.3, -0.25) is 14.4 Å². The lowest BCUT2D eigenvalue weighted by Gasteiger charge is -2.16. The largest absolute Gasteiger partial charge is 0.466 e. The first kappa shape index (κ1) is 51.8. The third kappa shape index (κ3) is 32.1. The average molecular weight is 769 g/mol. The van der Waals surface area contributed by atoms with E-state index in [2.05, 4.69) is 27.7 Å². The zero-order valence-electron chi connectivity index (χ0n) is 35.5. The van der Waals surface area contributed by atoms with Gasteiger partial charge in [0.25, 0.3) is 0 Å². The molecule has 3 unspecified atom stereocenters. The van der Waals surface area contributed by atoms with Crippen molar-refractivity contribution in [3.63, 3.8) is 0 Å². The van der Waals surface area contributed by atoms with Crippen LogP contribution in [0.1, 0.15) is 220 Å². The third-order valence-corrected chi connectivity index (χ3v) is 10.3. The number of hydrogen-bond acceptors (Lipinski definition) is 9. The summed E-state index contributed by atoms with van der Waals surface area (Å²) in [4.78, 5) is 49.9. The lowest BCUT2D eigenvalue weighted by molar-refractivity contribution is -0.156. The second-order valence-electron chi connectivity index (χ2n) is 15.4. The second-order valence-corrected chi connectivity index (χ2v) is 15.4. The zero-order chi connectivity index (χ0) is 39.9. The predicted molar refractivity (Wildman–Crippen MR) is 218 cm³/mol. The minimum absolute atomic E-state index is 0.0316. The lowest BCUT2D eigenvalue weighted by Crippen LogP contribution is -2.25. The molecule has 0 bridgehead atoms. The zero-order valence-corrected chi connectivity index (χ0v) is 35.5. The number of unbranched alkanes of at least 4 members (excludes halogenated alkanes) is 18. The molecule has 0 aromatic carbocycles. The summed E-state index contributed by atoms with van der Waals surface area (Å²) >= 11 is 0. The normalized spacial score (nSPS) is 12.9. The molecule has 0 amide bonds. The Morgan fingerprint density at radius 2 is 0.667 bits per heavy atom. The SMILES string of the molecule is CCCCCCCCC(CCCCCC)C(=O)OCCCCOC(=O)CCC(O)C(=O)OCCCCOC(=O)C(CCCCCC)CCCCCCCC. The van der Waals surface area contributed by atoms with Gasteiger partial charge in [0.05, 0.1) is 38.3 Å². The number of carbonyl (C=O) groups is 4. The van der Waals surface area contributed by atoms with Crippen molar-refractivity contribution >= 4 is 23.9 Å². The van der Waals surface area contributed by atoms with E-state index in [1.54, 1.807) is 0 Å². The minimum Gasteiger partial charge on any atom is -0.466 e. The summed E-state index contributed by atoms with van der Waals surface area (Å²) in [5.41, 5.74) is 0. The van der Waals surface area contributed by atoms with Crippen molar-refractivity contribution < 1.29 is 43.2 Å². The molecule has 9 heteroatoms. The molecule has 0 saturated heterocycles. The molecule has 318 valence electrons. The summed E-state index contributed by atoms with van der Waals surface area (Å²) in [6.07, 6.45) is 27.8. The summed E-state index contributed by atoms with van der Waals surface area (Å²) in [5.74, 6) is -1.55. The fourth-order valence-corrected chi connectivity index (χ4v) is 6.63. The van der Waals surface area contributed by atoms with E-state index in [-0.39, 0.29) is 56.4 Å². The first-order valence-electron chi connectivity index (χ1n) is 22.6. The van der Waals surface area contributed by atoms with Crippen molar-refractivity contribution in [3.8, 4) is 0 Å². The Hall–Kier alpha value is -2.16. The van der Waals surface area contributed by atoms with Crippen molar-refractivity contribution in [2.45, 2.75) is 226 Å². The summed E-state index contributed by atoms with van der Waals surface area (Å²) in [6.45, 7) is 9.70. The van der Waals surface area contributed by atoms with E-state index in [9.17, 15) is 24.3 Å². The fourth-order valence-electron chi connectivity index (χ4n) is 6.63. The van der Waals surface area contributed by atoms with E-state index < -0.39 is 18.0 Å². The second kappa shape index (κ2) is 39.1. The molecule has 0 aliphatic rings. The molecule has 0 aliphatic carbocycles. The van der Waals surface area contributed by atoms with Crippen LogP contribution in [0.3, 0.4) is 0 Å².